The van der Waals surface area contributed by atoms with Gasteiger partial charge >= 0.3 is 0 Å². The molecule has 0 aliphatic carbocycles. The van der Waals surface area contributed by atoms with Gasteiger partial charge in [0, 0.05) is 29.4 Å². The van der Waals surface area contributed by atoms with Crippen LogP contribution in [0.3, 0.4) is 0 Å². The molecule has 0 bridgehead atoms. The number of carbonyl (C=O) groups excluding carboxylic acids is 1. The lowest BCUT2D eigenvalue weighted by Crippen LogP contribution is -2.15. The summed E-state index contributed by atoms with van der Waals surface area (Å²) in [6, 6.07) is 1.41. The summed E-state index contributed by atoms with van der Waals surface area (Å²) in [5.74, 6) is 0.693. The zero-order valence-electron chi connectivity index (χ0n) is 12.2. The highest BCUT2D eigenvalue weighted by atomic mass is 16.5. The molecule has 0 amide bonds. The van der Waals surface area contributed by atoms with Gasteiger partial charge in [-0.05, 0) is 12.2 Å². The molecule has 0 spiro atoms. The molecule has 110 valence electrons. The molecule has 0 aliphatic heterocycles. The number of aliphatic hydroxyl groups excluding tert-OH is 1. The molecule has 0 radical (unpaired) electrons. The monoisotopic (exact) mass is 287 g/mol. The van der Waals surface area contributed by atoms with Crippen molar-refractivity contribution in [3.8, 4) is 0 Å². The van der Waals surface area contributed by atoms with Crippen LogP contribution in [-0.4, -0.2) is 26.0 Å². The third-order valence-corrected chi connectivity index (χ3v) is 2.74. The number of nitrogens with zero attached hydrogens (tertiary/aromatic N) is 3. The molecule has 0 unspecified atom stereocenters. The molecule has 2 rings (SSSR count). The number of hydrogen-bond acceptors (Lipinski definition) is 6. The standard InChI is InChI=1S/C15H17N3O3/c1-15(2,3)14-16-7-10(8-17-14)4-5-13(20)12-6-11(9-19)21-18-12/h4-8,19H,9H2,1-3H3/b5-4+. The number of hydrogen-bond donors (Lipinski definition) is 1. The Morgan fingerprint density at radius 2 is 2.00 bits per heavy atom. The Morgan fingerprint density at radius 1 is 1.33 bits per heavy atom. The van der Waals surface area contributed by atoms with Gasteiger partial charge < -0.3 is 9.63 Å². The third-order valence-electron chi connectivity index (χ3n) is 2.74. The van der Waals surface area contributed by atoms with Crippen LogP contribution in [0.4, 0.5) is 0 Å². The summed E-state index contributed by atoms with van der Waals surface area (Å²) in [5, 5.41) is 12.4. The van der Waals surface area contributed by atoms with Crippen LogP contribution >= 0.6 is 0 Å². The lowest BCUT2D eigenvalue weighted by atomic mass is 9.96. The first-order valence-corrected chi connectivity index (χ1v) is 6.51. The fourth-order valence-electron chi connectivity index (χ4n) is 1.57. The van der Waals surface area contributed by atoms with Crippen LogP contribution in [0.25, 0.3) is 6.08 Å². The Hall–Kier alpha value is -2.34. The number of carbonyl (C=O) groups is 1. The molecule has 2 aromatic rings. The van der Waals surface area contributed by atoms with Gasteiger partial charge in [0.05, 0.1) is 0 Å². The summed E-state index contributed by atoms with van der Waals surface area (Å²) in [6.07, 6.45) is 6.31. The predicted octanol–water partition coefficient (Wildman–Crippen LogP) is 2.15. The van der Waals surface area contributed by atoms with E-state index in [-0.39, 0.29) is 29.3 Å². The summed E-state index contributed by atoms with van der Waals surface area (Å²) < 4.78 is 4.76. The lowest BCUT2D eigenvalue weighted by Gasteiger charge is -2.15. The van der Waals surface area contributed by atoms with Crippen LogP contribution in [0, 0.1) is 0 Å². The van der Waals surface area contributed by atoms with Crippen LogP contribution in [-0.2, 0) is 12.0 Å². The van der Waals surface area contributed by atoms with E-state index in [2.05, 4.69) is 15.1 Å². The van der Waals surface area contributed by atoms with Gasteiger partial charge in [-0.2, -0.15) is 0 Å². The highest BCUT2D eigenvalue weighted by Gasteiger charge is 2.16. The number of aliphatic hydroxyl groups is 1. The molecule has 6 nitrogen and oxygen atoms in total. The van der Waals surface area contributed by atoms with E-state index in [1.54, 1.807) is 18.5 Å². The zero-order valence-corrected chi connectivity index (χ0v) is 12.2. The average molecular weight is 287 g/mol. The highest BCUT2D eigenvalue weighted by Crippen LogP contribution is 2.17. The van der Waals surface area contributed by atoms with Gasteiger partial charge in [0.1, 0.15) is 12.4 Å². The number of aromatic nitrogens is 3. The molecule has 0 fully saturated rings. The largest absolute Gasteiger partial charge is 0.388 e. The van der Waals surface area contributed by atoms with Gasteiger partial charge in [-0.25, -0.2) is 9.97 Å². The minimum absolute atomic E-state index is 0.112. The third kappa shape index (κ3) is 3.82. The molecule has 0 aromatic carbocycles. The molecule has 6 heteroatoms. The normalized spacial score (nSPS) is 12.0. The molecule has 1 N–H and O–H groups in total. The van der Waals surface area contributed by atoms with Crippen LogP contribution in [0.5, 0.6) is 0 Å². The Balaban J connectivity index is 2.08. The van der Waals surface area contributed by atoms with Crippen molar-refractivity contribution in [1.82, 2.24) is 15.1 Å². The van der Waals surface area contributed by atoms with Gasteiger partial charge in [-0.15, -0.1) is 0 Å². The average Bonchev–Trinajstić information content (AvgIpc) is 2.93. The number of allylic oxidation sites excluding steroid dienone is 1. The summed E-state index contributed by atoms with van der Waals surface area (Å²) in [7, 11) is 0. The van der Waals surface area contributed by atoms with E-state index in [1.165, 1.54) is 12.1 Å². The van der Waals surface area contributed by atoms with E-state index < -0.39 is 0 Å². The predicted molar refractivity (Wildman–Crippen MR) is 76.5 cm³/mol. The highest BCUT2D eigenvalue weighted by molar-refractivity contribution is 6.05. The summed E-state index contributed by atoms with van der Waals surface area (Å²) in [5.41, 5.74) is 0.768. The first-order chi connectivity index (χ1) is 9.90. The van der Waals surface area contributed by atoms with Crippen LogP contribution in [0.1, 0.15) is 48.4 Å². The summed E-state index contributed by atoms with van der Waals surface area (Å²) in [6.45, 7) is 5.81. The van der Waals surface area contributed by atoms with Crippen LogP contribution < -0.4 is 0 Å². The topological polar surface area (TPSA) is 89.1 Å². The van der Waals surface area contributed by atoms with Crippen LogP contribution in [0.15, 0.2) is 29.1 Å². The first-order valence-electron chi connectivity index (χ1n) is 6.51. The lowest BCUT2D eigenvalue weighted by molar-refractivity contribution is 0.103. The molecule has 0 aliphatic rings. The van der Waals surface area contributed by atoms with Crippen LogP contribution in [0.2, 0.25) is 0 Å². The number of rotatable bonds is 4. The Bertz CT molecular complexity index is 652. The van der Waals surface area contributed by atoms with E-state index in [1.807, 2.05) is 20.8 Å². The summed E-state index contributed by atoms with van der Waals surface area (Å²) in [4.78, 5) is 20.4. The molecular formula is C15H17N3O3. The van der Waals surface area contributed by atoms with E-state index >= 15 is 0 Å². The molecule has 2 heterocycles. The minimum Gasteiger partial charge on any atom is -0.388 e. The maximum Gasteiger partial charge on any atom is 0.207 e. The zero-order chi connectivity index (χ0) is 15.5. The first kappa shape index (κ1) is 15.1. The Kier molecular flexibility index (Phi) is 4.28. The van der Waals surface area contributed by atoms with Gasteiger partial charge in [-0.1, -0.05) is 25.9 Å². The van der Waals surface area contributed by atoms with E-state index in [0.29, 0.717) is 0 Å². The van der Waals surface area contributed by atoms with Gasteiger partial charge in [0.25, 0.3) is 0 Å². The summed E-state index contributed by atoms with van der Waals surface area (Å²) >= 11 is 0. The van der Waals surface area contributed by atoms with Crippen molar-refractivity contribution in [3.05, 3.63) is 47.4 Å². The second-order valence-corrected chi connectivity index (χ2v) is 5.62. The van der Waals surface area contributed by atoms with Crippen molar-refractivity contribution < 1.29 is 14.4 Å². The van der Waals surface area contributed by atoms with E-state index in [4.69, 9.17) is 9.63 Å². The number of ketones is 1. The molecule has 2 aromatic heterocycles. The maximum atomic E-state index is 11.8. The molecule has 0 saturated carbocycles. The SMILES string of the molecule is CC(C)(C)c1ncc(/C=C/C(=O)c2cc(CO)on2)cn1. The van der Waals surface area contributed by atoms with Crippen molar-refractivity contribution in [3.63, 3.8) is 0 Å². The molecule has 0 saturated heterocycles. The minimum atomic E-state index is -0.307. The second kappa shape index (κ2) is 5.97. The van der Waals surface area contributed by atoms with Crippen molar-refractivity contribution in [1.29, 1.82) is 0 Å². The second-order valence-electron chi connectivity index (χ2n) is 5.62. The Labute approximate surface area is 122 Å². The van der Waals surface area contributed by atoms with Gasteiger partial charge in [-0.3, -0.25) is 4.79 Å². The van der Waals surface area contributed by atoms with E-state index in [0.717, 1.165) is 11.4 Å². The van der Waals surface area contributed by atoms with Crippen molar-refractivity contribution in [2.45, 2.75) is 32.8 Å². The van der Waals surface area contributed by atoms with Crippen molar-refractivity contribution >= 4 is 11.9 Å². The fourth-order valence-corrected chi connectivity index (χ4v) is 1.57. The van der Waals surface area contributed by atoms with Gasteiger partial charge in [0.2, 0.25) is 5.78 Å². The van der Waals surface area contributed by atoms with E-state index in [9.17, 15) is 4.79 Å². The van der Waals surface area contributed by atoms with Gasteiger partial charge in [0.15, 0.2) is 11.5 Å². The fraction of sp³-hybridized carbons (Fsp3) is 0.333. The smallest absolute Gasteiger partial charge is 0.207 e. The maximum absolute atomic E-state index is 11.8. The molecule has 0 atom stereocenters. The van der Waals surface area contributed by atoms with Crippen molar-refractivity contribution in [2.24, 2.45) is 0 Å². The molecule has 21 heavy (non-hydrogen) atoms. The quantitative estimate of drug-likeness (QED) is 0.684. The Morgan fingerprint density at radius 3 is 2.52 bits per heavy atom. The molecular weight excluding hydrogens is 270 g/mol. The van der Waals surface area contributed by atoms with Crippen molar-refractivity contribution in [2.75, 3.05) is 0 Å².